The quantitative estimate of drug-likeness (QED) is 0.531. The van der Waals surface area contributed by atoms with Crippen molar-refractivity contribution in [3.05, 3.63) is 65.9 Å². The second-order valence-corrected chi connectivity index (χ2v) is 4.59. The van der Waals surface area contributed by atoms with E-state index in [0.717, 1.165) is 11.3 Å². The van der Waals surface area contributed by atoms with Gasteiger partial charge in [0, 0.05) is 26.3 Å². The molecule has 1 radical (unpaired) electrons. The summed E-state index contributed by atoms with van der Waals surface area (Å²) in [6.07, 6.45) is 1.93. The summed E-state index contributed by atoms with van der Waals surface area (Å²) in [5, 5.41) is 2.43. The largest absolute Gasteiger partial charge is 0.304 e. The van der Waals surface area contributed by atoms with E-state index in [2.05, 4.69) is 61.3 Å². The molecule has 0 spiro atoms. The maximum atomic E-state index is 4.53. The monoisotopic (exact) mass is 425 g/mol. The Morgan fingerprint density at radius 2 is 1.79 bits per heavy atom. The molecule has 0 saturated carbocycles. The van der Waals surface area contributed by atoms with Crippen molar-refractivity contribution < 1.29 is 20.1 Å². The number of benzene rings is 2. The van der Waals surface area contributed by atoms with E-state index in [0.29, 0.717) is 0 Å². The standard InChI is InChI=1S/C17H14N.Ir/c1-12-10-17(18-11-13(12)2)16-9-5-7-14-6-3-4-8-15(14)16;/h3-8,10-11H,1-2H3;/q-1;. The molecule has 3 aromatic rings. The Labute approximate surface area is 127 Å². The number of pyridine rings is 1. The molecule has 1 nitrogen and oxygen atoms in total. The summed E-state index contributed by atoms with van der Waals surface area (Å²) in [6, 6.07) is 17.8. The van der Waals surface area contributed by atoms with Gasteiger partial charge in [-0.1, -0.05) is 41.3 Å². The minimum atomic E-state index is 0. The zero-order chi connectivity index (χ0) is 12.5. The SMILES string of the molecule is Cc1cnc(-c2[c-]ccc3ccccc23)cc1C.[Ir]. The molecular weight excluding hydrogens is 410 g/mol. The van der Waals surface area contributed by atoms with Gasteiger partial charge in [-0.2, -0.15) is 0 Å². The number of fused-ring (bicyclic) bond motifs is 1. The Bertz CT molecular complexity index is 714. The number of hydrogen-bond donors (Lipinski definition) is 0. The Kier molecular flexibility index (Phi) is 4.14. The van der Waals surface area contributed by atoms with Crippen LogP contribution in [0.15, 0.2) is 48.7 Å². The van der Waals surface area contributed by atoms with E-state index in [1.54, 1.807) is 0 Å². The molecule has 1 heterocycles. The zero-order valence-electron chi connectivity index (χ0n) is 10.9. The van der Waals surface area contributed by atoms with Gasteiger partial charge in [-0.15, -0.1) is 29.1 Å². The maximum absolute atomic E-state index is 4.53. The molecular formula is C17H14IrN-. The summed E-state index contributed by atoms with van der Waals surface area (Å²) >= 11 is 0. The molecule has 1 aromatic heterocycles. The van der Waals surface area contributed by atoms with Crippen LogP contribution in [0.2, 0.25) is 0 Å². The third-order valence-electron chi connectivity index (χ3n) is 3.35. The normalized spacial score (nSPS) is 10.2. The molecule has 0 N–H and O–H groups in total. The minimum absolute atomic E-state index is 0. The Hall–Kier alpha value is -1.50. The van der Waals surface area contributed by atoms with Crippen molar-refractivity contribution in [3.8, 4) is 11.3 Å². The summed E-state index contributed by atoms with van der Waals surface area (Å²) in [5.74, 6) is 0. The molecule has 2 heteroatoms. The molecule has 3 rings (SSSR count). The van der Waals surface area contributed by atoms with Gasteiger partial charge in [0.1, 0.15) is 0 Å². The van der Waals surface area contributed by atoms with Gasteiger partial charge in [-0.05, 0) is 25.1 Å². The zero-order valence-corrected chi connectivity index (χ0v) is 13.3. The van der Waals surface area contributed by atoms with Crippen LogP contribution in [-0.2, 0) is 20.1 Å². The average molecular weight is 425 g/mol. The van der Waals surface area contributed by atoms with E-state index in [9.17, 15) is 0 Å². The first-order chi connectivity index (χ1) is 8.75. The average Bonchev–Trinajstić information content (AvgIpc) is 2.41. The van der Waals surface area contributed by atoms with Crippen molar-refractivity contribution >= 4 is 10.8 Å². The molecule has 0 aliphatic rings. The molecule has 0 amide bonds. The van der Waals surface area contributed by atoms with Crippen LogP contribution in [-0.4, -0.2) is 4.98 Å². The van der Waals surface area contributed by atoms with Crippen molar-refractivity contribution in [2.24, 2.45) is 0 Å². The second-order valence-electron chi connectivity index (χ2n) is 4.59. The van der Waals surface area contributed by atoms with Gasteiger partial charge in [-0.3, -0.25) is 0 Å². The first-order valence-electron chi connectivity index (χ1n) is 6.09. The van der Waals surface area contributed by atoms with Crippen LogP contribution in [0.25, 0.3) is 22.0 Å². The van der Waals surface area contributed by atoms with Gasteiger partial charge in [0.2, 0.25) is 0 Å². The molecule has 0 fully saturated rings. The number of aryl methyl sites for hydroxylation is 2. The molecule has 0 bridgehead atoms. The van der Waals surface area contributed by atoms with Crippen molar-refractivity contribution in [1.29, 1.82) is 0 Å². The third kappa shape index (κ3) is 2.60. The van der Waals surface area contributed by atoms with E-state index in [4.69, 9.17) is 0 Å². The minimum Gasteiger partial charge on any atom is -0.304 e. The third-order valence-corrected chi connectivity index (χ3v) is 3.35. The molecule has 0 aliphatic heterocycles. The summed E-state index contributed by atoms with van der Waals surface area (Å²) in [4.78, 5) is 4.53. The predicted octanol–water partition coefficient (Wildman–Crippen LogP) is 4.32. The number of aromatic nitrogens is 1. The van der Waals surface area contributed by atoms with Gasteiger partial charge < -0.3 is 4.98 Å². The van der Waals surface area contributed by atoms with Crippen molar-refractivity contribution in [2.75, 3.05) is 0 Å². The van der Waals surface area contributed by atoms with Crippen LogP contribution in [0.1, 0.15) is 11.1 Å². The fraction of sp³-hybridized carbons (Fsp3) is 0.118. The van der Waals surface area contributed by atoms with Crippen LogP contribution in [0.5, 0.6) is 0 Å². The Morgan fingerprint density at radius 1 is 1.00 bits per heavy atom. The Balaban J connectivity index is 0.00000133. The van der Waals surface area contributed by atoms with E-state index in [1.165, 1.54) is 21.9 Å². The van der Waals surface area contributed by atoms with E-state index in [1.807, 2.05) is 12.3 Å². The number of nitrogens with zero attached hydrogens (tertiary/aromatic N) is 1. The molecule has 0 atom stereocenters. The van der Waals surface area contributed by atoms with Crippen molar-refractivity contribution in [1.82, 2.24) is 4.98 Å². The number of hydrogen-bond acceptors (Lipinski definition) is 1. The van der Waals surface area contributed by atoms with E-state index >= 15 is 0 Å². The molecule has 2 aromatic carbocycles. The van der Waals surface area contributed by atoms with Gasteiger partial charge in [-0.25, -0.2) is 0 Å². The molecule has 97 valence electrons. The van der Waals surface area contributed by atoms with Crippen LogP contribution >= 0.6 is 0 Å². The van der Waals surface area contributed by atoms with Crippen LogP contribution in [0, 0.1) is 19.9 Å². The van der Waals surface area contributed by atoms with E-state index in [-0.39, 0.29) is 20.1 Å². The first kappa shape index (κ1) is 13.9. The molecule has 0 aliphatic carbocycles. The molecule has 0 saturated heterocycles. The van der Waals surface area contributed by atoms with Crippen LogP contribution < -0.4 is 0 Å². The fourth-order valence-corrected chi connectivity index (χ4v) is 2.14. The van der Waals surface area contributed by atoms with Gasteiger partial charge in [0.15, 0.2) is 0 Å². The Morgan fingerprint density at radius 3 is 2.58 bits per heavy atom. The van der Waals surface area contributed by atoms with E-state index < -0.39 is 0 Å². The number of rotatable bonds is 1. The maximum Gasteiger partial charge on any atom is 0.0192 e. The first-order valence-corrected chi connectivity index (χ1v) is 6.09. The van der Waals surface area contributed by atoms with Crippen LogP contribution in [0.3, 0.4) is 0 Å². The summed E-state index contributed by atoms with van der Waals surface area (Å²) in [5.41, 5.74) is 4.56. The molecule has 19 heavy (non-hydrogen) atoms. The summed E-state index contributed by atoms with van der Waals surface area (Å²) in [6.45, 7) is 4.20. The fourth-order valence-electron chi connectivity index (χ4n) is 2.14. The summed E-state index contributed by atoms with van der Waals surface area (Å²) in [7, 11) is 0. The van der Waals surface area contributed by atoms with Gasteiger partial charge >= 0.3 is 0 Å². The van der Waals surface area contributed by atoms with Gasteiger partial charge in [0.05, 0.1) is 0 Å². The topological polar surface area (TPSA) is 12.9 Å². The second kappa shape index (κ2) is 5.64. The molecule has 0 unspecified atom stereocenters. The van der Waals surface area contributed by atoms with Crippen molar-refractivity contribution in [3.63, 3.8) is 0 Å². The smallest absolute Gasteiger partial charge is 0.0192 e. The van der Waals surface area contributed by atoms with Crippen molar-refractivity contribution in [2.45, 2.75) is 13.8 Å². The predicted molar refractivity (Wildman–Crippen MR) is 75.5 cm³/mol. The van der Waals surface area contributed by atoms with Gasteiger partial charge in [0.25, 0.3) is 0 Å². The van der Waals surface area contributed by atoms with Crippen LogP contribution in [0.4, 0.5) is 0 Å². The summed E-state index contributed by atoms with van der Waals surface area (Å²) < 4.78 is 0.